The normalized spacial score (nSPS) is 11.4. The van der Waals surface area contributed by atoms with Crippen molar-refractivity contribution in [1.29, 1.82) is 0 Å². The minimum atomic E-state index is 0.936. The fraction of sp³-hybridized carbons (Fsp3) is 0. The highest BCUT2D eigenvalue weighted by Crippen LogP contribution is 2.46. The van der Waals surface area contributed by atoms with E-state index >= 15 is 0 Å². The first kappa shape index (κ1) is 34.4. The summed E-state index contributed by atoms with van der Waals surface area (Å²) < 4.78 is 2.27. The van der Waals surface area contributed by atoms with Crippen LogP contribution in [0.5, 0.6) is 0 Å². The van der Waals surface area contributed by atoms with Crippen LogP contribution in [0, 0.1) is 0 Å². The van der Waals surface area contributed by atoms with E-state index in [1.807, 2.05) is 6.07 Å². The zero-order chi connectivity index (χ0) is 39.1. The van der Waals surface area contributed by atoms with Gasteiger partial charge in [-0.1, -0.05) is 194 Å². The topological polar surface area (TPSA) is 17.8 Å². The lowest BCUT2D eigenvalue weighted by atomic mass is 9.84. The highest BCUT2D eigenvalue weighted by molar-refractivity contribution is 6.22. The largest absolute Gasteiger partial charge is 0.292 e. The van der Waals surface area contributed by atoms with E-state index in [0.29, 0.717) is 0 Å². The van der Waals surface area contributed by atoms with Crippen LogP contribution in [0.2, 0.25) is 0 Å². The molecule has 276 valence electrons. The molecule has 10 aromatic carbocycles. The summed E-state index contributed by atoms with van der Waals surface area (Å²) in [6.07, 6.45) is 0. The fourth-order valence-corrected chi connectivity index (χ4v) is 8.78. The van der Waals surface area contributed by atoms with E-state index in [2.05, 4.69) is 229 Å². The number of rotatable bonds is 7. The molecule has 0 spiro atoms. The summed E-state index contributed by atoms with van der Waals surface area (Å²) in [6.45, 7) is 0. The number of hydrogen-bond acceptors (Lipinski definition) is 1. The molecule has 11 aromatic rings. The monoisotopic (exact) mass is 750 g/mol. The van der Waals surface area contributed by atoms with Crippen LogP contribution in [-0.2, 0) is 0 Å². The highest BCUT2D eigenvalue weighted by atomic mass is 15.1. The molecule has 0 aliphatic carbocycles. The van der Waals surface area contributed by atoms with Crippen LogP contribution >= 0.6 is 0 Å². The number of fused-ring (bicyclic) bond motifs is 3. The molecule has 0 fully saturated rings. The molecule has 0 aliphatic rings. The predicted octanol–water partition coefficient (Wildman–Crippen LogP) is 15.3. The van der Waals surface area contributed by atoms with E-state index < -0.39 is 0 Å². The summed E-state index contributed by atoms with van der Waals surface area (Å²) in [7, 11) is 0. The summed E-state index contributed by atoms with van der Waals surface area (Å²) in [4.78, 5) is 5.07. The van der Waals surface area contributed by atoms with Gasteiger partial charge in [-0.05, 0) is 114 Å². The predicted molar refractivity (Wildman–Crippen MR) is 249 cm³/mol. The Morgan fingerprint density at radius 3 is 1.15 bits per heavy atom. The number of nitrogens with zero attached hydrogens (tertiary/aromatic N) is 2. The van der Waals surface area contributed by atoms with Crippen molar-refractivity contribution in [3.05, 3.63) is 231 Å². The first-order valence-electron chi connectivity index (χ1n) is 20.2. The van der Waals surface area contributed by atoms with E-state index in [4.69, 9.17) is 4.98 Å². The maximum atomic E-state index is 5.07. The third-order valence-corrected chi connectivity index (χ3v) is 11.6. The average Bonchev–Trinajstić information content (AvgIpc) is 3.71. The van der Waals surface area contributed by atoms with Gasteiger partial charge in [0.25, 0.3) is 0 Å². The number of para-hydroxylation sites is 2. The Kier molecular flexibility index (Phi) is 8.52. The molecule has 0 bridgehead atoms. The first-order chi connectivity index (χ1) is 29.3. The quantitative estimate of drug-likeness (QED) is 0.148. The third kappa shape index (κ3) is 6.19. The van der Waals surface area contributed by atoms with Crippen molar-refractivity contribution in [2.75, 3.05) is 0 Å². The van der Waals surface area contributed by atoms with Crippen LogP contribution in [0.1, 0.15) is 0 Å². The molecule has 0 radical (unpaired) electrons. The molecular formula is C57H38N2. The maximum absolute atomic E-state index is 5.07. The number of hydrogen-bond donors (Lipinski definition) is 0. The van der Waals surface area contributed by atoms with Crippen molar-refractivity contribution in [3.63, 3.8) is 0 Å². The minimum absolute atomic E-state index is 0.936. The van der Waals surface area contributed by atoms with Gasteiger partial charge in [-0.2, -0.15) is 0 Å². The van der Waals surface area contributed by atoms with E-state index in [0.717, 1.165) is 33.7 Å². The summed E-state index contributed by atoms with van der Waals surface area (Å²) in [5, 5.41) is 4.94. The van der Waals surface area contributed by atoms with Crippen LogP contribution in [0.15, 0.2) is 231 Å². The fourth-order valence-electron chi connectivity index (χ4n) is 8.78. The van der Waals surface area contributed by atoms with Gasteiger partial charge in [0.05, 0.1) is 11.0 Å². The number of aromatic nitrogens is 2. The minimum Gasteiger partial charge on any atom is -0.292 e. The van der Waals surface area contributed by atoms with Crippen molar-refractivity contribution in [3.8, 4) is 72.7 Å². The standard InChI is InChI=1S/C57H38N2/c1-5-15-39(16-6-1)40-25-27-41(28-26-40)46-31-35-49-51(37-46)55(43-17-7-2-8-18-43)50-36-32-47(38-52(50)56(49)44-19-9-3-10-20-44)42-29-33-48(34-30-42)59-54-24-14-13-23-53(54)58-57(59)45-21-11-4-12-22-45/h1-38H. The van der Waals surface area contributed by atoms with Crippen molar-refractivity contribution < 1.29 is 0 Å². The summed E-state index contributed by atoms with van der Waals surface area (Å²) in [6, 6.07) is 83.1. The Labute approximate surface area is 344 Å². The second-order valence-electron chi connectivity index (χ2n) is 15.1. The lowest BCUT2D eigenvalue weighted by Crippen LogP contribution is -1.97. The lowest BCUT2D eigenvalue weighted by Gasteiger charge is -2.20. The zero-order valence-corrected chi connectivity index (χ0v) is 32.3. The van der Waals surface area contributed by atoms with Gasteiger partial charge in [-0.3, -0.25) is 4.57 Å². The van der Waals surface area contributed by atoms with Crippen LogP contribution < -0.4 is 0 Å². The lowest BCUT2D eigenvalue weighted by molar-refractivity contribution is 1.10. The molecule has 0 aliphatic heterocycles. The summed E-state index contributed by atoms with van der Waals surface area (Å²) in [5.74, 6) is 0.936. The third-order valence-electron chi connectivity index (χ3n) is 11.6. The molecule has 0 saturated carbocycles. The van der Waals surface area contributed by atoms with Crippen molar-refractivity contribution in [2.45, 2.75) is 0 Å². The van der Waals surface area contributed by atoms with Gasteiger partial charge in [-0.25, -0.2) is 4.98 Å². The van der Waals surface area contributed by atoms with Crippen molar-refractivity contribution >= 4 is 32.6 Å². The Hall–Kier alpha value is -7.81. The Morgan fingerprint density at radius 2 is 0.644 bits per heavy atom. The van der Waals surface area contributed by atoms with Gasteiger partial charge in [0.15, 0.2) is 0 Å². The Bertz CT molecular complexity index is 3260. The maximum Gasteiger partial charge on any atom is 0.145 e. The molecule has 2 nitrogen and oxygen atoms in total. The van der Waals surface area contributed by atoms with E-state index in [1.54, 1.807) is 0 Å². The molecule has 2 heteroatoms. The molecule has 11 rings (SSSR count). The molecule has 59 heavy (non-hydrogen) atoms. The average molecular weight is 751 g/mol. The van der Waals surface area contributed by atoms with Crippen molar-refractivity contribution in [2.24, 2.45) is 0 Å². The highest BCUT2D eigenvalue weighted by Gasteiger charge is 2.19. The van der Waals surface area contributed by atoms with Gasteiger partial charge in [0, 0.05) is 11.3 Å². The second-order valence-corrected chi connectivity index (χ2v) is 15.1. The van der Waals surface area contributed by atoms with Crippen LogP contribution in [0.4, 0.5) is 0 Å². The molecule has 1 heterocycles. The molecule has 0 saturated heterocycles. The van der Waals surface area contributed by atoms with Crippen LogP contribution in [0.3, 0.4) is 0 Å². The number of benzene rings is 10. The van der Waals surface area contributed by atoms with E-state index in [1.165, 1.54) is 71.6 Å². The van der Waals surface area contributed by atoms with Gasteiger partial charge in [-0.15, -0.1) is 0 Å². The molecular weight excluding hydrogens is 713 g/mol. The second kappa shape index (κ2) is 14.6. The smallest absolute Gasteiger partial charge is 0.145 e. The molecule has 0 N–H and O–H groups in total. The van der Waals surface area contributed by atoms with Gasteiger partial charge in [0.2, 0.25) is 0 Å². The molecule has 0 unspecified atom stereocenters. The van der Waals surface area contributed by atoms with Gasteiger partial charge < -0.3 is 0 Å². The number of imidazole rings is 1. The van der Waals surface area contributed by atoms with Crippen LogP contribution in [0.25, 0.3) is 105 Å². The van der Waals surface area contributed by atoms with E-state index in [-0.39, 0.29) is 0 Å². The first-order valence-corrected chi connectivity index (χ1v) is 20.2. The van der Waals surface area contributed by atoms with Gasteiger partial charge >= 0.3 is 0 Å². The molecule has 0 atom stereocenters. The Morgan fingerprint density at radius 1 is 0.271 bits per heavy atom. The Balaban J connectivity index is 1.08. The van der Waals surface area contributed by atoms with Crippen LogP contribution in [-0.4, -0.2) is 9.55 Å². The molecule has 0 amide bonds. The van der Waals surface area contributed by atoms with E-state index in [9.17, 15) is 0 Å². The van der Waals surface area contributed by atoms with Gasteiger partial charge in [0.1, 0.15) is 5.82 Å². The SMILES string of the molecule is c1ccc(-c2ccc(-c3ccc4c(-c5ccccc5)c5cc(-c6ccc(-n7c(-c8ccccc8)nc8ccccc87)cc6)ccc5c(-c5ccccc5)c4c3)cc2)cc1. The molecule has 1 aromatic heterocycles. The summed E-state index contributed by atoms with van der Waals surface area (Å²) in [5.41, 5.74) is 16.3. The van der Waals surface area contributed by atoms with Crippen molar-refractivity contribution in [1.82, 2.24) is 9.55 Å². The summed E-state index contributed by atoms with van der Waals surface area (Å²) >= 11 is 0. The zero-order valence-electron chi connectivity index (χ0n) is 32.3.